The summed E-state index contributed by atoms with van der Waals surface area (Å²) < 4.78 is 5.60. The first-order chi connectivity index (χ1) is 13.7. The fourth-order valence-corrected chi connectivity index (χ4v) is 3.49. The van der Waals surface area contributed by atoms with Crippen LogP contribution in [0.15, 0.2) is 29.3 Å². The van der Waals surface area contributed by atoms with Crippen molar-refractivity contribution in [2.45, 2.75) is 38.6 Å². The maximum absolute atomic E-state index is 11.7. The third kappa shape index (κ3) is 6.71. The lowest BCUT2D eigenvalue weighted by Gasteiger charge is -2.30. The number of rotatable bonds is 10. The first-order valence-corrected chi connectivity index (χ1v) is 10.3. The van der Waals surface area contributed by atoms with E-state index in [0.29, 0.717) is 18.9 Å². The number of benzene rings is 1. The van der Waals surface area contributed by atoms with Gasteiger partial charge in [0.2, 0.25) is 5.91 Å². The Hall–Kier alpha value is -2.28. The number of amides is 1. The summed E-state index contributed by atoms with van der Waals surface area (Å²) in [6.45, 7) is 6.23. The fraction of sp³-hybridized carbons (Fsp3) is 0.619. The van der Waals surface area contributed by atoms with Crippen molar-refractivity contribution in [2.24, 2.45) is 4.99 Å². The maximum Gasteiger partial charge on any atom is 0.221 e. The van der Waals surface area contributed by atoms with Crippen molar-refractivity contribution in [1.29, 1.82) is 0 Å². The van der Waals surface area contributed by atoms with Crippen molar-refractivity contribution in [3.8, 4) is 5.75 Å². The zero-order chi connectivity index (χ0) is 20.2. The Morgan fingerprint density at radius 1 is 1.18 bits per heavy atom. The van der Waals surface area contributed by atoms with Crippen molar-refractivity contribution in [3.63, 3.8) is 0 Å². The van der Waals surface area contributed by atoms with E-state index < -0.39 is 0 Å². The van der Waals surface area contributed by atoms with Crippen LogP contribution in [0.3, 0.4) is 0 Å². The standard InChI is InChI=1S/C21H35N5O2/c1-4-12-23-20(27)11-13-24-21(22-2)25-16-18(26-14-7-8-15-26)17-9-5-6-10-19(17)28-3/h5-6,9-10,18H,4,7-8,11-16H2,1-3H3,(H,23,27)(H2,22,24,25). The van der Waals surface area contributed by atoms with E-state index >= 15 is 0 Å². The molecule has 0 aliphatic carbocycles. The summed E-state index contributed by atoms with van der Waals surface area (Å²) in [6, 6.07) is 8.42. The van der Waals surface area contributed by atoms with Crippen LogP contribution in [-0.4, -0.2) is 63.6 Å². The van der Waals surface area contributed by atoms with E-state index in [1.54, 1.807) is 14.2 Å². The van der Waals surface area contributed by atoms with E-state index in [9.17, 15) is 4.79 Å². The van der Waals surface area contributed by atoms with Crippen LogP contribution in [0, 0.1) is 0 Å². The summed E-state index contributed by atoms with van der Waals surface area (Å²) >= 11 is 0. The lowest BCUT2D eigenvalue weighted by Crippen LogP contribution is -2.43. The molecule has 1 amide bonds. The van der Waals surface area contributed by atoms with Crippen LogP contribution < -0.4 is 20.7 Å². The van der Waals surface area contributed by atoms with Gasteiger partial charge >= 0.3 is 0 Å². The van der Waals surface area contributed by atoms with Crippen LogP contribution >= 0.6 is 0 Å². The van der Waals surface area contributed by atoms with Crippen molar-refractivity contribution >= 4 is 11.9 Å². The number of methoxy groups -OCH3 is 1. The molecule has 1 saturated heterocycles. The van der Waals surface area contributed by atoms with Crippen LogP contribution in [0.2, 0.25) is 0 Å². The molecule has 0 saturated carbocycles. The highest BCUT2D eigenvalue weighted by molar-refractivity contribution is 5.81. The molecular formula is C21H35N5O2. The van der Waals surface area contributed by atoms with Crippen LogP contribution in [0.25, 0.3) is 0 Å². The van der Waals surface area contributed by atoms with Gasteiger partial charge in [0.15, 0.2) is 5.96 Å². The molecule has 0 radical (unpaired) electrons. The van der Waals surface area contributed by atoms with Gasteiger partial charge in [-0.15, -0.1) is 0 Å². The second kappa shape index (κ2) is 12.2. The number of hydrogen-bond acceptors (Lipinski definition) is 4. The molecule has 3 N–H and O–H groups in total. The average Bonchev–Trinajstić information content (AvgIpc) is 3.26. The number of guanidine groups is 1. The summed E-state index contributed by atoms with van der Waals surface area (Å²) in [6.07, 6.45) is 3.84. The maximum atomic E-state index is 11.7. The van der Waals surface area contributed by atoms with Gasteiger partial charge in [-0.3, -0.25) is 14.7 Å². The molecule has 1 atom stereocenters. The van der Waals surface area contributed by atoms with Gasteiger partial charge in [0.25, 0.3) is 0 Å². The van der Waals surface area contributed by atoms with Gasteiger partial charge in [-0.1, -0.05) is 25.1 Å². The Bertz CT molecular complexity index is 629. The molecule has 1 aromatic rings. The number of nitrogens with one attached hydrogen (secondary N) is 3. The monoisotopic (exact) mass is 389 g/mol. The first kappa shape index (κ1) is 22.0. The highest BCUT2D eigenvalue weighted by Crippen LogP contribution is 2.31. The predicted molar refractivity (Wildman–Crippen MR) is 114 cm³/mol. The summed E-state index contributed by atoms with van der Waals surface area (Å²) in [4.78, 5) is 18.5. The average molecular weight is 390 g/mol. The van der Waals surface area contributed by atoms with E-state index in [1.807, 2.05) is 19.1 Å². The fourth-order valence-electron chi connectivity index (χ4n) is 3.49. The summed E-state index contributed by atoms with van der Waals surface area (Å²) in [5.41, 5.74) is 1.19. The van der Waals surface area contributed by atoms with Crippen molar-refractivity contribution in [3.05, 3.63) is 29.8 Å². The highest BCUT2D eigenvalue weighted by Gasteiger charge is 2.26. The van der Waals surface area contributed by atoms with E-state index in [2.05, 4.69) is 38.0 Å². The molecule has 2 rings (SSSR count). The van der Waals surface area contributed by atoms with Gasteiger partial charge < -0.3 is 20.7 Å². The molecule has 1 unspecified atom stereocenters. The van der Waals surface area contributed by atoms with Crippen LogP contribution in [0.4, 0.5) is 0 Å². The minimum absolute atomic E-state index is 0.0637. The number of carbonyl (C=O) groups excluding carboxylic acids is 1. The van der Waals surface area contributed by atoms with E-state index in [-0.39, 0.29) is 11.9 Å². The number of aliphatic imine (C=N–C) groups is 1. The molecule has 156 valence electrons. The molecule has 7 nitrogen and oxygen atoms in total. The second-order valence-electron chi connectivity index (χ2n) is 6.98. The van der Waals surface area contributed by atoms with Gasteiger partial charge in [-0.05, 0) is 38.4 Å². The third-order valence-electron chi connectivity index (χ3n) is 4.98. The van der Waals surface area contributed by atoms with Crippen LogP contribution in [0.1, 0.15) is 44.2 Å². The Balaban J connectivity index is 1.93. The van der Waals surface area contributed by atoms with Crippen LogP contribution in [0.5, 0.6) is 5.75 Å². The molecule has 0 bridgehead atoms. The number of carbonyl (C=O) groups is 1. The van der Waals surface area contributed by atoms with Crippen molar-refractivity contribution < 1.29 is 9.53 Å². The van der Waals surface area contributed by atoms with Gasteiger partial charge in [0, 0.05) is 38.7 Å². The first-order valence-electron chi connectivity index (χ1n) is 10.3. The van der Waals surface area contributed by atoms with Crippen LogP contribution in [-0.2, 0) is 4.79 Å². The van der Waals surface area contributed by atoms with Gasteiger partial charge in [-0.25, -0.2) is 0 Å². The molecular weight excluding hydrogens is 354 g/mol. The van der Waals surface area contributed by atoms with E-state index in [1.165, 1.54) is 18.4 Å². The lowest BCUT2D eigenvalue weighted by molar-refractivity contribution is -0.120. The molecule has 0 aromatic heterocycles. The largest absolute Gasteiger partial charge is 0.496 e. The number of likely N-dealkylation sites (tertiary alicyclic amines) is 1. The quantitative estimate of drug-likeness (QED) is 0.421. The Labute approximate surface area is 168 Å². The topological polar surface area (TPSA) is 78.0 Å². The van der Waals surface area contributed by atoms with Gasteiger partial charge in [-0.2, -0.15) is 0 Å². The zero-order valence-corrected chi connectivity index (χ0v) is 17.5. The van der Waals surface area contributed by atoms with Gasteiger partial charge in [0.05, 0.1) is 13.2 Å². The van der Waals surface area contributed by atoms with Crippen molar-refractivity contribution in [1.82, 2.24) is 20.9 Å². The Morgan fingerprint density at radius 3 is 2.61 bits per heavy atom. The SMILES string of the molecule is CCCNC(=O)CCNC(=NC)NCC(c1ccccc1OC)N1CCCC1. The molecule has 7 heteroatoms. The Morgan fingerprint density at radius 2 is 1.93 bits per heavy atom. The lowest BCUT2D eigenvalue weighted by atomic mass is 10.0. The minimum atomic E-state index is 0.0637. The summed E-state index contributed by atoms with van der Waals surface area (Å²) in [5.74, 6) is 1.69. The summed E-state index contributed by atoms with van der Waals surface area (Å²) in [5, 5.41) is 9.54. The molecule has 1 aliphatic rings. The Kier molecular flexibility index (Phi) is 9.62. The predicted octanol–water partition coefficient (Wildman–Crippen LogP) is 1.91. The van der Waals surface area contributed by atoms with Crippen molar-refractivity contribution in [2.75, 3.05) is 46.9 Å². The second-order valence-corrected chi connectivity index (χ2v) is 6.98. The molecule has 0 spiro atoms. The van der Waals surface area contributed by atoms with E-state index in [4.69, 9.17) is 4.74 Å². The van der Waals surface area contributed by atoms with E-state index in [0.717, 1.165) is 38.3 Å². The smallest absolute Gasteiger partial charge is 0.221 e. The minimum Gasteiger partial charge on any atom is -0.496 e. The molecule has 1 heterocycles. The normalized spacial score (nSPS) is 15.9. The third-order valence-corrected chi connectivity index (χ3v) is 4.98. The number of hydrogen-bond donors (Lipinski definition) is 3. The number of ether oxygens (including phenoxy) is 1. The number of nitrogens with zero attached hydrogens (tertiary/aromatic N) is 2. The molecule has 1 aliphatic heterocycles. The highest BCUT2D eigenvalue weighted by atomic mass is 16.5. The number of para-hydroxylation sites is 1. The van der Waals surface area contributed by atoms with Gasteiger partial charge in [0.1, 0.15) is 5.75 Å². The molecule has 1 fully saturated rings. The summed E-state index contributed by atoms with van der Waals surface area (Å²) in [7, 11) is 3.47. The molecule has 28 heavy (non-hydrogen) atoms. The zero-order valence-electron chi connectivity index (χ0n) is 17.5. The molecule has 1 aromatic carbocycles.